The Balaban J connectivity index is 1.99. The molecule has 0 aromatic carbocycles. The van der Waals surface area contributed by atoms with Crippen molar-refractivity contribution in [1.29, 1.82) is 0 Å². The van der Waals surface area contributed by atoms with Gasteiger partial charge in [-0.2, -0.15) is 0 Å². The van der Waals surface area contributed by atoms with Gasteiger partial charge in [0.2, 0.25) is 0 Å². The lowest BCUT2D eigenvalue weighted by atomic mass is 9.95. The molecule has 1 fully saturated rings. The Morgan fingerprint density at radius 2 is 2.14 bits per heavy atom. The Bertz CT molecular complexity index is 143. The summed E-state index contributed by atoms with van der Waals surface area (Å²) < 4.78 is 5.28. The molecule has 0 radical (unpaired) electrons. The largest absolute Gasteiger partial charge is 0.382 e. The highest BCUT2D eigenvalue weighted by Gasteiger charge is 2.21. The van der Waals surface area contributed by atoms with Crippen LogP contribution in [0.15, 0.2) is 0 Å². The molecule has 0 saturated heterocycles. The number of halogens is 1. The van der Waals surface area contributed by atoms with E-state index in [-0.39, 0.29) is 0 Å². The lowest BCUT2D eigenvalue weighted by Crippen LogP contribution is -2.40. The Morgan fingerprint density at radius 1 is 1.36 bits per heavy atom. The minimum absolute atomic E-state index is 0.343. The predicted octanol–water partition coefficient (Wildman–Crippen LogP) is 2.55. The van der Waals surface area contributed by atoms with Crippen LogP contribution >= 0.6 is 11.6 Å². The molecular weight excluding hydrogens is 198 g/mol. The second-order valence-corrected chi connectivity index (χ2v) is 4.47. The molecule has 0 bridgehead atoms. The van der Waals surface area contributed by atoms with E-state index < -0.39 is 0 Å². The fraction of sp³-hybridized carbons (Fsp3) is 1.00. The molecule has 3 heteroatoms. The highest BCUT2D eigenvalue weighted by molar-refractivity contribution is 6.21. The van der Waals surface area contributed by atoms with Crippen LogP contribution in [0.25, 0.3) is 0 Å². The van der Waals surface area contributed by atoms with E-state index in [0.717, 1.165) is 26.2 Å². The molecule has 0 amide bonds. The van der Waals surface area contributed by atoms with Crippen molar-refractivity contribution >= 4 is 11.6 Å². The van der Waals surface area contributed by atoms with E-state index in [4.69, 9.17) is 16.3 Å². The zero-order valence-corrected chi connectivity index (χ0v) is 9.85. The van der Waals surface area contributed by atoms with E-state index in [9.17, 15) is 0 Å². The van der Waals surface area contributed by atoms with E-state index in [0.29, 0.717) is 11.4 Å². The van der Waals surface area contributed by atoms with E-state index in [2.05, 4.69) is 5.32 Å². The van der Waals surface area contributed by atoms with Crippen molar-refractivity contribution in [3.8, 4) is 0 Å². The standard InChI is InChI=1S/C11H22ClNO/c1-2-14-9-5-8-13-11-7-4-3-6-10(11)12/h10-11,13H,2-9H2,1H3. The smallest absolute Gasteiger partial charge is 0.0489 e. The summed E-state index contributed by atoms with van der Waals surface area (Å²) in [6.45, 7) is 4.75. The quantitative estimate of drug-likeness (QED) is 0.548. The second-order valence-electron chi connectivity index (χ2n) is 3.91. The predicted molar refractivity (Wildman–Crippen MR) is 61.0 cm³/mol. The number of alkyl halides is 1. The molecule has 1 aliphatic rings. The lowest BCUT2D eigenvalue weighted by molar-refractivity contribution is 0.143. The Hall–Kier alpha value is 0.210. The van der Waals surface area contributed by atoms with Crippen LogP contribution in [-0.4, -0.2) is 31.2 Å². The third-order valence-electron chi connectivity index (χ3n) is 2.76. The van der Waals surface area contributed by atoms with Crippen molar-refractivity contribution in [1.82, 2.24) is 5.32 Å². The first kappa shape index (κ1) is 12.3. The molecule has 14 heavy (non-hydrogen) atoms. The van der Waals surface area contributed by atoms with Crippen molar-refractivity contribution < 1.29 is 4.74 Å². The normalized spacial score (nSPS) is 27.9. The lowest BCUT2D eigenvalue weighted by Gasteiger charge is -2.27. The number of rotatable bonds is 6. The van der Waals surface area contributed by atoms with Crippen LogP contribution in [0.3, 0.4) is 0 Å². The van der Waals surface area contributed by atoms with Crippen molar-refractivity contribution in [2.75, 3.05) is 19.8 Å². The van der Waals surface area contributed by atoms with E-state index >= 15 is 0 Å². The van der Waals surface area contributed by atoms with Crippen molar-refractivity contribution in [2.24, 2.45) is 0 Å². The highest BCUT2D eigenvalue weighted by Crippen LogP contribution is 2.22. The maximum Gasteiger partial charge on any atom is 0.0489 e. The first-order valence-electron chi connectivity index (χ1n) is 5.79. The summed E-state index contributed by atoms with van der Waals surface area (Å²) in [6.07, 6.45) is 6.12. The highest BCUT2D eigenvalue weighted by atomic mass is 35.5. The molecule has 2 atom stereocenters. The summed E-state index contributed by atoms with van der Waals surface area (Å²) in [5, 5.41) is 3.86. The van der Waals surface area contributed by atoms with Crippen LogP contribution in [0.2, 0.25) is 0 Å². The monoisotopic (exact) mass is 219 g/mol. The minimum Gasteiger partial charge on any atom is -0.382 e. The summed E-state index contributed by atoms with van der Waals surface area (Å²) in [7, 11) is 0. The van der Waals surface area contributed by atoms with E-state index in [1.165, 1.54) is 25.7 Å². The van der Waals surface area contributed by atoms with E-state index in [1.807, 2.05) is 6.92 Å². The summed E-state index contributed by atoms with van der Waals surface area (Å²) in [4.78, 5) is 0. The van der Waals surface area contributed by atoms with E-state index in [1.54, 1.807) is 0 Å². The van der Waals surface area contributed by atoms with Crippen LogP contribution in [0, 0.1) is 0 Å². The first-order chi connectivity index (χ1) is 6.84. The third kappa shape index (κ3) is 4.63. The van der Waals surface area contributed by atoms with Gasteiger partial charge < -0.3 is 10.1 Å². The fourth-order valence-corrected chi connectivity index (χ4v) is 2.29. The Kier molecular flexibility index (Phi) is 6.57. The number of nitrogens with one attached hydrogen (secondary N) is 1. The molecule has 0 aromatic heterocycles. The topological polar surface area (TPSA) is 21.3 Å². The fourth-order valence-electron chi connectivity index (χ4n) is 1.92. The van der Waals surface area contributed by atoms with Gasteiger partial charge in [-0.25, -0.2) is 0 Å². The van der Waals surface area contributed by atoms with Crippen LogP contribution in [-0.2, 0) is 4.74 Å². The molecule has 1 saturated carbocycles. The van der Waals surface area contributed by atoms with Gasteiger partial charge in [0.1, 0.15) is 0 Å². The van der Waals surface area contributed by atoms with Gasteiger partial charge in [0.05, 0.1) is 0 Å². The summed E-state index contributed by atoms with van der Waals surface area (Å²) in [6, 6.07) is 0.534. The van der Waals surface area contributed by atoms with Crippen molar-refractivity contribution in [2.45, 2.75) is 50.4 Å². The van der Waals surface area contributed by atoms with Crippen LogP contribution in [0.5, 0.6) is 0 Å². The number of hydrogen-bond acceptors (Lipinski definition) is 2. The molecule has 1 rings (SSSR count). The molecule has 0 spiro atoms. The maximum atomic E-state index is 6.23. The summed E-state index contributed by atoms with van der Waals surface area (Å²) in [5.41, 5.74) is 0. The van der Waals surface area contributed by atoms with Crippen LogP contribution < -0.4 is 5.32 Å². The molecule has 2 nitrogen and oxygen atoms in total. The van der Waals surface area contributed by atoms with Crippen LogP contribution in [0.4, 0.5) is 0 Å². The SMILES string of the molecule is CCOCCCNC1CCCCC1Cl. The van der Waals surface area contributed by atoms with Crippen molar-refractivity contribution in [3.05, 3.63) is 0 Å². The second kappa shape index (κ2) is 7.49. The zero-order chi connectivity index (χ0) is 10.2. The first-order valence-corrected chi connectivity index (χ1v) is 6.23. The molecule has 1 aliphatic carbocycles. The molecule has 2 unspecified atom stereocenters. The van der Waals surface area contributed by atoms with Gasteiger partial charge in [0.25, 0.3) is 0 Å². The average molecular weight is 220 g/mol. The molecule has 84 valence electrons. The van der Waals surface area contributed by atoms with Gasteiger partial charge in [-0.15, -0.1) is 11.6 Å². The van der Waals surface area contributed by atoms with Gasteiger partial charge in [-0.3, -0.25) is 0 Å². The van der Waals surface area contributed by atoms with Gasteiger partial charge in [-0.1, -0.05) is 12.8 Å². The van der Waals surface area contributed by atoms with Gasteiger partial charge >= 0.3 is 0 Å². The molecule has 0 aromatic rings. The average Bonchev–Trinajstić information content (AvgIpc) is 2.20. The summed E-state index contributed by atoms with van der Waals surface area (Å²) in [5.74, 6) is 0. The zero-order valence-electron chi connectivity index (χ0n) is 9.10. The van der Waals surface area contributed by atoms with Gasteiger partial charge in [-0.05, 0) is 32.7 Å². The maximum absolute atomic E-state index is 6.23. The summed E-state index contributed by atoms with van der Waals surface area (Å²) >= 11 is 6.23. The van der Waals surface area contributed by atoms with Gasteiger partial charge in [0.15, 0.2) is 0 Å². The minimum atomic E-state index is 0.343. The van der Waals surface area contributed by atoms with Crippen LogP contribution in [0.1, 0.15) is 39.0 Å². The number of hydrogen-bond donors (Lipinski definition) is 1. The molecule has 1 N–H and O–H groups in total. The molecule has 0 heterocycles. The number of ether oxygens (including phenoxy) is 1. The Labute approximate surface area is 92.3 Å². The van der Waals surface area contributed by atoms with Crippen molar-refractivity contribution in [3.63, 3.8) is 0 Å². The molecule has 0 aliphatic heterocycles. The molecular formula is C11H22ClNO. The van der Waals surface area contributed by atoms with Gasteiger partial charge in [0, 0.05) is 24.6 Å². The third-order valence-corrected chi connectivity index (χ3v) is 3.28. The Morgan fingerprint density at radius 3 is 2.86 bits per heavy atom.